The van der Waals surface area contributed by atoms with E-state index in [1.54, 1.807) is 13.0 Å². The van der Waals surface area contributed by atoms with Crippen molar-refractivity contribution in [3.05, 3.63) is 35.4 Å². The van der Waals surface area contributed by atoms with Crippen molar-refractivity contribution >= 4 is 5.78 Å². The lowest BCUT2D eigenvalue weighted by Gasteiger charge is -2.14. The van der Waals surface area contributed by atoms with Gasteiger partial charge in [-0.1, -0.05) is 12.1 Å². The highest BCUT2D eigenvalue weighted by Crippen LogP contribution is 2.06. The van der Waals surface area contributed by atoms with Gasteiger partial charge in [-0.3, -0.25) is 9.69 Å². The molecule has 1 aromatic rings. The van der Waals surface area contributed by atoms with E-state index in [0.29, 0.717) is 18.7 Å². The summed E-state index contributed by atoms with van der Waals surface area (Å²) < 4.78 is 0. The first-order valence-corrected chi connectivity index (χ1v) is 4.79. The molecule has 0 spiro atoms. The van der Waals surface area contributed by atoms with E-state index in [4.69, 9.17) is 5.26 Å². The normalized spacial score (nSPS) is 10.0. The fourth-order valence-electron chi connectivity index (χ4n) is 1.49. The van der Waals surface area contributed by atoms with Gasteiger partial charge in [0.05, 0.1) is 18.2 Å². The molecule has 1 rings (SSSR count). The van der Waals surface area contributed by atoms with E-state index < -0.39 is 0 Å². The fraction of sp³-hybridized carbons (Fsp3) is 0.333. The van der Waals surface area contributed by atoms with Crippen LogP contribution in [0.4, 0.5) is 0 Å². The Bertz CT molecular complexity index is 393. The lowest BCUT2D eigenvalue weighted by atomic mass is 10.1. The maximum absolute atomic E-state index is 10.9. The molecule has 78 valence electrons. The van der Waals surface area contributed by atoms with Crippen molar-refractivity contribution in [3.63, 3.8) is 0 Å². The molecule has 15 heavy (non-hydrogen) atoms. The molecule has 0 amide bonds. The maximum Gasteiger partial charge on any atom is 0.143 e. The van der Waals surface area contributed by atoms with E-state index in [1.807, 2.05) is 30.1 Å². The standard InChI is InChI=1S/C12H14N2O/c1-10(15)8-14(2)9-12-5-3-4-11(6-12)7-13/h3-6H,8-9H2,1-2H3. The molecule has 0 aromatic heterocycles. The van der Waals surface area contributed by atoms with Gasteiger partial charge in [-0.15, -0.1) is 0 Å². The molecule has 0 saturated heterocycles. The number of nitrogens with zero attached hydrogens (tertiary/aromatic N) is 2. The highest BCUT2D eigenvalue weighted by molar-refractivity contribution is 5.77. The molecule has 0 atom stereocenters. The van der Waals surface area contributed by atoms with Crippen molar-refractivity contribution < 1.29 is 4.79 Å². The summed E-state index contributed by atoms with van der Waals surface area (Å²) in [6.45, 7) is 2.70. The number of hydrogen-bond acceptors (Lipinski definition) is 3. The Kier molecular flexibility index (Phi) is 4.02. The second-order valence-electron chi connectivity index (χ2n) is 3.69. The van der Waals surface area contributed by atoms with Gasteiger partial charge in [0.15, 0.2) is 0 Å². The molecular formula is C12H14N2O. The number of nitriles is 1. The molecule has 0 unspecified atom stereocenters. The highest BCUT2D eigenvalue weighted by atomic mass is 16.1. The monoisotopic (exact) mass is 202 g/mol. The molecule has 3 nitrogen and oxygen atoms in total. The smallest absolute Gasteiger partial charge is 0.143 e. The molecule has 0 aliphatic rings. The predicted octanol–water partition coefficient (Wildman–Crippen LogP) is 1.58. The number of Topliss-reactive ketones (excluding diaryl/α,β-unsaturated/α-hetero) is 1. The third-order valence-corrected chi connectivity index (χ3v) is 2.00. The SMILES string of the molecule is CC(=O)CN(C)Cc1cccc(C#N)c1. The summed E-state index contributed by atoms with van der Waals surface area (Å²) in [7, 11) is 1.89. The molecule has 3 heteroatoms. The minimum Gasteiger partial charge on any atom is -0.299 e. The number of hydrogen-bond donors (Lipinski definition) is 0. The van der Waals surface area contributed by atoms with E-state index in [2.05, 4.69) is 6.07 Å². The van der Waals surface area contributed by atoms with Crippen LogP contribution in [0.5, 0.6) is 0 Å². The highest BCUT2D eigenvalue weighted by Gasteiger charge is 2.03. The van der Waals surface area contributed by atoms with Crippen LogP contribution in [-0.2, 0) is 11.3 Å². The Hall–Kier alpha value is -1.66. The predicted molar refractivity (Wildman–Crippen MR) is 58.2 cm³/mol. The first-order valence-electron chi connectivity index (χ1n) is 4.79. The van der Waals surface area contributed by atoms with Gasteiger partial charge in [-0.25, -0.2) is 0 Å². The van der Waals surface area contributed by atoms with Crippen LogP contribution in [0.3, 0.4) is 0 Å². The lowest BCUT2D eigenvalue weighted by molar-refractivity contribution is -0.117. The Balaban J connectivity index is 2.64. The van der Waals surface area contributed by atoms with Gasteiger partial charge < -0.3 is 0 Å². The zero-order valence-corrected chi connectivity index (χ0v) is 9.03. The summed E-state index contributed by atoms with van der Waals surface area (Å²) in [5.41, 5.74) is 1.71. The molecule has 1 aromatic carbocycles. The van der Waals surface area contributed by atoms with E-state index in [1.165, 1.54) is 0 Å². The van der Waals surface area contributed by atoms with Gasteiger partial charge in [0.2, 0.25) is 0 Å². The Morgan fingerprint density at radius 1 is 1.53 bits per heavy atom. The molecule has 0 N–H and O–H groups in total. The fourth-order valence-corrected chi connectivity index (χ4v) is 1.49. The van der Waals surface area contributed by atoms with Crippen molar-refractivity contribution in [1.82, 2.24) is 4.90 Å². The molecule has 0 fully saturated rings. The third-order valence-electron chi connectivity index (χ3n) is 2.00. The first-order chi connectivity index (χ1) is 7.11. The van der Waals surface area contributed by atoms with Gasteiger partial charge >= 0.3 is 0 Å². The molecular weight excluding hydrogens is 188 g/mol. The summed E-state index contributed by atoms with van der Waals surface area (Å²) in [5, 5.41) is 8.72. The second kappa shape index (κ2) is 5.28. The van der Waals surface area contributed by atoms with Crippen LogP contribution in [0.1, 0.15) is 18.1 Å². The lowest BCUT2D eigenvalue weighted by Crippen LogP contribution is -2.23. The third kappa shape index (κ3) is 3.92. The van der Waals surface area contributed by atoms with Crippen molar-refractivity contribution in [2.75, 3.05) is 13.6 Å². The molecule has 0 radical (unpaired) electrons. The second-order valence-corrected chi connectivity index (χ2v) is 3.69. The topological polar surface area (TPSA) is 44.1 Å². The van der Waals surface area contributed by atoms with Crippen LogP contribution in [0.25, 0.3) is 0 Å². The Morgan fingerprint density at radius 3 is 2.87 bits per heavy atom. The van der Waals surface area contributed by atoms with Crippen molar-refractivity contribution in [1.29, 1.82) is 5.26 Å². The average molecular weight is 202 g/mol. The number of benzene rings is 1. The van der Waals surface area contributed by atoms with Crippen LogP contribution in [-0.4, -0.2) is 24.3 Å². The Labute approximate surface area is 89.9 Å². The Morgan fingerprint density at radius 2 is 2.27 bits per heavy atom. The van der Waals surface area contributed by atoms with Crippen LogP contribution in [0, 0.1) is 11.3 Å². The zero-order valence-electron chi connectivity index (χ0n) is 9.03. The van der Waals surface area contributed by atoms with Gasteiger partial charge in [0, 0.05) is 6.54 Å². The largest absolute Gasteiger partial charge is 0.299 e. The summed E-state index contributed by atoms with van der Waals surface area (Å²) in [4.78, 5) is 12.8. The van der Waals surface area contributed by atoms with Gasteiger partial charge in [0.1, 0.15) is 5.78 Å². The van der Waals surface area contributed by atoms with Gasteiger partial charge in [-0.2, -0.15) is 5.26 Å². The van der Waals surface area contributed by atoms with E-state index >= 15 is 0 Å². The molecule has 0 heterocycles. The summed E-state index contributed by atoms with van der Waals surface area (Å²) in [6.07, 6.45) is 0. The zero-order chi connectivity index (χ0) is 11.3. The van der Waals surface area contributed by atoms with Crippen molar-refractivity contribution in [2.45, 2.75) is 13.5 Å². The minimum absolute atomic E-state index is 0.147. The van der Waals surface area contributed by atoms with Crippen molar-refractivity contribution in [3.8, 4) is 6.07 Å². The van der Waals surface area contributed by atoms with Crippen molar-refractivity contribution in [2.24, 2.45) is 0 Å². The maximum atomic E-state index is 10.9. The number of likely N-dealkylation sites (N-methyl/N-ethyl adjacent to an activating group) is 1. The number of rotatable bonds is 4. The van der Waals surface area contributed by atoms with E-state index in [0.717, 1.165) is 5.56 Å². The summed E-state index contributed by atoms with van der Waals surface area (Å²) in [5.74, 6) is 0.147. The summed E-state index contributed by atoms with van der Waals surface area (Å²) >= 11 is 0. The van der Waals surface area contributed by atoms with E-state index in [9.17, 15) is 4.79 Å². The number of ketones is 1. The van der Waals surface area contributed by atoms with Gasteiger partial charge in [0.25, 0.3) is 0 Å². The van der Waals surface area contributed by atoms with Crippen LogP contribution in [0.15, 0.2) is 24.3 Å². The molecule has 0 saturated carbocycles. The quantitative estimate of drug-likeness (QED) is 0.744. The van der Waals surface area contributed by atoms with Crippen LogP contribution >= 0.6 is 0 Å². The first kappa shape index (κ1) is 11.4. The number of carbonyl (C=O) groups is 1. The summed E-state index contributed by atoms with van der Waals surface area (Å²) in [6, 6.07) is 9.52. The number of carbonyl (C=O) groups excluding carboxylic acids is 1. The van der Waals surface area contributed by atoms with E-state index in [-0.39, 0.29) is 5.78 Å². The van der Waals surface area contributed by atoms with Gasteiger partial charge in [-0.05, 0) is 31.7 Å². The average Bonchev–Trinajstić information content (AvgIpc) is 2.16. The molecule has 0 bridgehead atoms. The van der Waals surface area contributed by atoms with Crippen LogP contribution in [0.2, 0.25) is 0 Å². The molecule has 0 aliphatic heterocycles. The molecule has 0 aliphatic carbocycles. The van der Waals surface area contributed by atoms with Crippen LogP contribution < -0.4 is 0 Å². The minimum atomic E-state index is 0.147.